The van der Waals surface area contributed by atoms with E-state index in [9.17, 15) is 0 Å². The molecule has 2 aliphatic carbocycles. The Morgan fingerprint density at radius 3 is 1.45 bits per heavy atom. The fourth-order valence-electron chi connectivity index (χ4n) is 5.00. The minimum absolute atomic E-state index is 0.222. The van der Waals surface area contributed by atoms with Crippen molar-refractivity contribution in [1.82, 2.24) is 0 Å². The Labute approximate surface area is 132 Å². The van der Waals surface area contributed by atoms with Crippen molar-refractivity contribution in [2.45, 2.75) is 72.1 Å². The quantitative estimate of drug-likeness (QED) is 0.532. The standard InChI is InChI=1S/C19H27Br/c1-16(2)12-9-11(20)10-13-14(12)15(18(16,5)6)19(7,8)17(13,3)4/h9-10,15H,1-8H3. The molecule has 0 atom stereocenters. The Bertz CT molecular complexity index is 553. The van der Waals surface area contributed by atoms with E-state index >= 15 is 0 Å². The maximum absolute atomic E-state index is 3.75. The number of rotatable bonds is 0. The second kappa shape index (κ2) is 3.54. The Hall–Kier alpha value is -0.300. The van der Waals surface area contributed by atoms with Crippen LogP contribution in [0.15, 0.2) is 16.6 Å². The summed E-state index contributed by atoms with van der Waals surface area (Å²) in [6.07, 6.45) is 0. The fraction of sp³-hybridized carbons (Fsp3) is 0.684. The molecule has 1 aromatic carbocycles. The average Bonchev–Trinajstić information content (AvgIpc) is 2.53. The van der Waals surface area contributed by atoms with Crippen molar-refractivity contribution >= 4 is 15.9 Å². The van der Waals surface area contributed by atoms with Crippen LogP contribution in [0.1, 0.15) is 78.0 Å². The normalized spacial score (nSPS) is 27.6. The Kier molecular flexibility index (Phi) is 2.59. The molecule has 0 unspecified atom stereocenters. The maximum Gasteiger partial charge on any atom is 0.0181 e. The summed E-state index contributed by atoms with van der Waals surface area (Å²) in [5, 5.41) is 0. The van der Waals surface area contributed by atoms with E-state index in [1.165, 1.54) is 4.47 Å². The van der Waals surface area contributed by atoms with Gasteiger partial charge in [-0.25, -0.2) is 0 Å². The van der Waals surface area contributed by atoms with Crippen LogP contribution in [0.2, 0.25) is 0 Å². The lowest BCUT2D eigenvalue weighted by atomic mass is 9.54. The van der Waals surface area contributed by atoms with Gasteiger partial charge in [0.2, 0.25) is 0 Å². The van der Waals surface area contributed by atoms with Crippen molar-refractivity contribution < 1.29 is 0 Å². The fourth-order valence-corrected chi connectivity index (χ4v) is 5.46. The van der Waals surface area contributed by atoms with E-state index in [4.69, 9.17) is 0 Å². The highest BCUT2D eigenvalue weighted by Crippen LogP contribution is 2.73. The van der Waals surface area contributed by atoms with Gasteiger partial charge >= 0.3 is 0 Å². The monoisotopic (exact) mass is 334 g/mol. The minimum atomic E-state index is 0.222. The van der Waals surface area contributed by atoms with Gasteiger partial charge < -0.3 is 0 Å². The molecule has 1 aromatic rings. The van der Waals surface area contributed by atoms with Crippen molar-refractivity contribution in [3.8, 4) is 0 Å². The van der Waals surface area contributed by atoms with Crippen molar-refractivity contribution in [2.75, 3.05) is 0 Å². The van der Waals surface area contributed by atoms with Crippen LogP contribution in [-0.4, -0.2) is 0 Å². The van der Waals surface area contributed by atoms with Crippen molar-refractivity contribution in [3.05, 3.63) is 33.3 Å². The van der Waals surface area contributed by atoms with Crippen molar-refractivity contribution in [2.24, 2.45) is 10.8 Å². The third-order valence-electron chi connectivity index (χ3n) is 7.45. The molecule has 2 aliphatic rings. The van der Waals surface area contributed by atoms with E-state index < -0.39 is 0 Å². The van der Waals surface area contributed by atoms with Gasteiger partial charge in [-0.2, -0.15) is 0 Å². The smallest absolute Gasteiger partial charge is 0.0181 e. The number of hydrogen-bond donors (Lipinski definition) is 0. The number of hydrogen-bond acceptors (Lipinski definition) is 0. The molecule has 0 radical (unpaired) electrons. The largest absolute Gasteiger partial charge is 0.0585 e. The van der Waals surface area contributed by atoms with Gasteiger partial charge in [0, 0.05) is 4.47 Å². The first-order valence-electron chi connectivity index (χ1n) is 7.71. The van der Waals surface area contributed by atoms with Crippen LogP contribution < -0.4 is 0 Å². The Morgan fingerprint density at radius 1 is 0.750 bits per heavy atom. The van der Waals surface area contributed by atoms with E-state index in [-0.39, 0.29) is 21.7 Å². The molecule has 0 bridgehead atoms. The van der Waals surface area contributed by atoms with Gasteiger partial charge in [0.15, 0.2) is 0 Å². The zero-order valence-corrected chi connectivity index (χ0v) is 15.7. The first-order valence-corrected chi connectivity index (χ1v) is 8.50. The molecule has 0 saturated heterocycles. The van der Waals surface area contributed by atoms with Crippen LogP contribution >= 0.6 is 15.9 Å². The first-order chi connectivity index (χ1) is 8.87. The van der Waals surface area contributed by atoms with Crippen LogP contribution in [0.3, 0.4) is 0 Å². The van der Waals surface area contributed by atoms with Crippen LogP contribution in [-0.2, 0) is 10.8 Å². The molecule has 0 spiro atoms. The highest BCUT2D eigenvalue weighted by atomic mass is 79.9. The molecule has 20 heavy (non-hydrogen) atoms. The summed E-state index contributed by atoms with van der Waals surface area (Å²) in [6.45, 7) is 19.6. The van der Waals surface area contributed by atoms with Gasteiger partial charge in [-0.1, -0.05) is 71.3 Å². The first kappa shape index (κ1) is 14.6. The molecule has 0 aromatic heterocycles. The second-order valence-electron chi connectivity index (χ2n) is 9.04. The van der Waals surface area contributed by atoms with Crippen LogP contribution in [0, 0.1) is 10.8 Å². The van der Waals surface area contributed by atoms with Crippen LogP contribution in [0.5, 0.6) is 0 Å². The molecule has 110 valence electrons. The summed E-state index contributed by atoms with van der Waals surface area (Å²) in [7, 11) is 0. The van der Waals surface area contributed by atoms with E-state index in [2.05, 4.69) is 83.5 Å². The molecule has 1 heteroatoms. The third-order valence-corrected chi connectivity index (χ3v) is 7.90. The lowest BCUT2D eigenvalue weighted by Crippen LogP contribution is -2.44. The van der Waals surface area contributed by atoms with E-state index in [1.807, 2.05) is 0 Å². The zero-order valence-electron chi connectivity index (χ0n) is 14.1. The van der Waals surface area contributed by atoms with Gasteiger partial charge in [-0.15, -0.1) is 0 Å². The molecule has 0 aliphatic heterocycles. The lowest BCUT2D eigenvalue weighted by molar-refractivity contribution is 0.0632. The predicted molar refractivity (Wildman–Crippen MR) is 90.5 cm³/mol. The highest BCUT2D eigenvalue weighted by molar-refractivity contribution is 9.10. The van der Waals surface area contributed by atoms with Crippen LogP contribution in [0.25, 0.3) is 0 Å². The van der Waals surface area contributed by atoms with Gasteiger partial charge in [-0.05, 0) is 56.4 Å². The average molecular weight is 335 g/mol. The Morgan fingerprint density at radius 2 is 1.10 bits per heavy atom. The molecule has 0 N–H and O–H groups in total. The molecular formula is C19H27Br. The van der Waals surface area contributed by atoms with E-state index in [1.54, 1.807) is 16.7 Å². The molecular weight excluding hydrogens is 308 g/mol. The topological polar surface area (TPSA) is 0 Å². The van der Waals surface area contributed by atoms with Crippen molar-refractivity contribution in [3.63, 3.8) is 0 Å². The maximum atomic E-state index is 3.75. The van der Waals surface area contributed by atoms with E-state index in [0.29, 0.717) is 5.92 Å². The predicted octanol–water partition coefficient (Wildman–Crippen LogP) is 6.17. The summed E-state index contributed by atoms with van der Waals surface area (Å²) in [5.41, 5.74) is 5.78. The number of benzene rings is 1. The Balaban J connectivity index is 2.47. The number of halogens is 1. The highest BCUT2D eigenvalue weighted by Gasteiger charge is 2.65. The SMILES string of the molecule is CC1(C)c2cc(Br)cc3c2C(C1(C)C)C(C)(C)C3(C)C. The molecule has 0 amide bonds. The summed E-state index contributed by atoms with van der Waals surface area (Å²) in [5.74, 6) is 0.637. The zero-order chi connectivity index (χ0) is 15.3. The summed E-state index contributed by atoms with van der Waals surface area (Å²) in [4.78, 5) is 0. The van der Waals surface area contributed by atoms with Gasteiger partial charge in [0.25, 0.3) is 0 Å². The molecule has 0 heterocycles. The second-order valence-corrected chi connectivity index (χ2v) is 9.96. The summed E-state index contributed by atoms with van der Waals surface area (Å²) in [6, 6.07) is 4.75. The third kappa shape index (κ3) is 1.30. The summed E-state index contributed by atoms with van der Waals surface area (Å²) < 4.78 is 1.24. The lowest BCUT2D eigenvalue weighted by Gasteiger charge is -2.49. The van der Waals surface area contributed by atoms with Gasteiger partial charge in [0.1, 0.15) is 0 Å². The van der Waals surface area contributed by atoms with E-state index in [0.717, 1.165) is 0 Å². The molecule has 0 nitrogen and oxygen atoms in total. The minimum Gasteiger partial charge on any atom is -0.0585 e. The van der Waals surface area contributed by atoms with Crippen molar-refractivity contribution in [1.29, 1.82) is 0 Å². The van der Waals surface area contributed by atoms with Gasteiger partial charge in [0.05, 0.1) is 0 Å². The molecule has 0 fully saturated rings. The molecule has 3 rings (SSSR count). The summed E-state index contributed by atoms with van der Waals surface area (Å²) >= 11 is 3.75. The van der Waals surface area contributed by atoms with Crippen LogP contribution in [0.4, 0.5) is 0 Å². The van der Waals surface area contributed by atoms with Gasteiger partial charge in [-0.3, -0.25) is 0 Å². The molecule has 0 saturated carbocycles.